The molecule has 1 aromatic carbocycles. The first kappa shape index (κ1) is 17.1. The summed E-state index contributed by atoms with van der Waals surface area (Å²) in [6.45, 7) is 6.86. The highest BCUT2D eigenvalue weighted by Crippen LogP contribution is 2.32. The van der Waals surface area contributed by atoms with Crippen LogP contribution in [0.5, 0.6) is 0 Å². The molecule has 23 heavy (non-hydrogen) atoms. The predicted molar refractivity (Wildman–Crippen MR) is 89.0 cm³/mol. The average Bonchev–Trinajstić information content (AvgIpc) is 2.85. The molecule has 0 bridgehead atoms. The molecule has 2 rings (SSSR count). The first-order valence-electron chi connectivity index (χ1n) is 7.15. The molecule has 0 fully saturated rings. The molecule has 6 nitrogen and oxygen atoms in total. The highest BCUT2D eigenvalue weighted by molar-refractivity contribution is 7.19. The molecule has 0 aliphatic rings. The summed E-state index contributed by atoms with van der Waals surface area (Å²) in [5.41, 5.74) is 4.62. The van der Waals surface area contributed by atoms with Crippen LogP contribution in [0.1, 0.15) is 38.6 Å². The molecule has 1 unspecified atom stereocenters. The van der Waals surface area contributed by atoms with E-state index < -0.39 is 23.8 Å². The van der Waals surface area contributed by atoms with Crippen molar-refractivity contribution in [3.8, 4) is 0 Å². The fraction of sp³-hybridized carbons (Fsp3) is 0.375. The van der Waals surface area contributed by atoms with Crippen molar-refractivity contribution >= 4 is 33.6 Å². The Morgan fingerprint density at radius 2 is 1.91 bits per heavy atom. The van der Waals surface area contributed by atoms with Crippen LogP contribution in [0.2, 0.25) is 0 Å². The smallest absolute Gasteiger partial charge is 0.427 e. The van der Waals surface area contributed by atoms with Gasteiger partial charge in [-0.25, -0.2) is 9.59 Å². The van der Waals surface area contributed by atoms with Gasteiger partial charge >= 0.3 is 12.2 Å². The molecule has 1 atom stereocenters. The number of fused-ring (bicyclic) bond motifs is 1. The van der Waals surface area contributed by atoms with Crippen LogP contribution in [0.15, 0.2) is 30.3 Å². The molecule has 2 N–H and O–H groups in total. The molecule has 0 spiro atoms. The van der Waals surface area contributed by atoms with Gasteiger partial charge in [0.15, 0.2) is 0 Å². The number of hydrogen-bond acceptors (Lipinski definition) is 5. The molecule has 7 heteroatoms. The van der Waals surface area contributed by atoms with E-state index in [0.29, 0.717) is 0 Å². The van der Waals surface area contributed by atoms with Crippen LogP contribution < -0.4 is 5.73 Å². The quantitative estimate of drug-likeness (QED) is 0.658. The van der Waals surface area contributed by atoms with Crippen molar-refractivity contribution in [3.05, 3.63) is 35.2 Å². The summed E-state index contributed by atoms with van der Waals surface area (Å²) in [6.07, 6.45) is -0.968. The molecule has 0 radical (unpaired) electrons. The summed E-state index contributed by atoms with van der Waals surface area (Å²) in [5.74, 6) is 0. The van der Waals surface area contributed by atoms with Gasteiger partial charge in [0, 0.05) is 9.58 Å². The van der Waals surface area contributed by atoms with Crippen molar-refractivity contribution in [2.75, 3.05) is 0 Å². The number of benzene rings is 1. The molecule has 0 saturated heterocycles. The van der Waals surface area contributed by atoms with Crippen molar-refractivity contribution < 1.29 is 19.2 Å². The van der Waals surface area contributed by atoms with Gasteiger partial charge in [-0.1, -0.05) is 18.2 Å². The number of hydroxylamine groups is 2. The van der Waals surface area contributed by atoms with Crippen LogP contribution in [0.4, 0.5) is 9.59 Å². The zero-order chi connectivity index (χ0) is 17.2. The van der Waals surface area contributed by atoms with Crippen LogP contribution in [0.25, 0.3) is 10.1 Å². The van der Waals surface area contributed by atoms with Crippen molar-refractivity contribution in [2.24, 2.45) is 5.73 Å². The Balaban J connectivity index is 2.19. The molecule has 0 aliphatic heterocycles. The first-order chi connectivity index (χ1) is 10.7. The van der Waals surface area contributed by atoms with E-state index in [1.54, 1.807) is 27.7 Å². The van der Waals surface area contributed by atoms with Crippen LogP contribution in [-0.4, -0.2) is 22.9 Å². The molecule has 0 saturated carbocycles. The second-order valence-corrected chi connectivity index (χ2v) is 7.20. The van der Waals surface area contributed by atoms with Gasteiger partial charge in [0.1, 0.15) is 11.6 Å². The van der Waals surface area contributed by atoms with Gasteiger partial charge in [0.25, 0.3) is 0 Å². The Hall–Kier alpha value is -2.28. The average molecular weight is 336 g/mol. The summed E-state index contributed by atoms with van der Waals surface area (Å²) < 4.78 is 6.14. The standard InChI is InChI=1S/C16H20N2O4S/c1-10(13-9-11-7-5-6-8-12(11)23-13)18(14(17)19)22-15(20)21-16(2,3)4/h5-10H,1-4H3,(H2,17,19). The number of primary amides is 1. The Morgan fingerprint density at radius 1 is 1.26 bits per heavy atom. The normalized spacial score (nSPS) is 12.7. The minimum atomic E-state index is -0.968. The SMILES string of the molecule is CC(c1cc2ccccc2s1)N(OC(=O)OC(C)(C)C)C(N)=O. The van der Waals surface area contributed by atoms with Crippen molar-refractivity contribution in [3.63, 3.8) is 0 Å². The van der Waals surface area contributed by atoms with E-state index in [1.807, 2.05) is 30.3 Å². The second-order valence-electron chi connectivity index (χ2n) is 6.08. The maximum absolute atomic E-state index is 11.8. The summed E-state index contributed by atoms with van der Waals surface area (Å²) in [6, 6.07) is 8.41. The van der Waals surface area contributed by atoms with Gasteiger partial charge in [-0.05, 0) is 45.2 Å². The zero-order valence-corrected chi connectivity index (χ0v) is 14.3. The number of amides is 2. The molecule has 1 heterocycles. The van der Waals surface area contributed by atoms with E-state index in [0.717, 1.165) is 20.0 Å². The molecule has 124 valence electrons. The van der Waals surface area contributed by atoms with E-state index >= 15 is 0 Å². The molecule has 1 aromatic heterocycles. The molecule has 2 aromatic rings. The number of nitrogens with two attached hydrogens (primary N) is 1. The number of carbonyl (C=O) groups excluding carboxylic acids is 2. The maximum atomic E-state index is 11.8. The minimum absolute atomic E-state index is 0.516. The van der Waals surface area contributed by atoms with Gasteiger partial charge in [0.2, 0.25) is 0 Å². The van der Waals surface area contributed by atoms with Crippen molar-refractivity contribution in [2.45, 2.75) is 39.3 Å². The number of carbonyl (C=O) groups is 2. The van der Waals surface area contributed by atoms with Gasteiger partial charge in [-0.3, -0.25) is 0 Å². The van der Waals surface area contributed by atoms with E-state index in [4.69, 9.17) is 15.3 Å². The van der Waals surface area contributed by atoms with Gasteiger partial charge in [-0.2, -0.15) is 0 Å². The lowest BCUT2D eigenvalue weighted by Crippen LogP contribution is -2.40. The van der Waals surface area contributed by atoms with Crippen molar-refractivity contribution in [1.29, 1.82) is 0 Å². The van der Waals surface area contributed by atoms with E-state index in [9.17, 15) is 9.59 Å². The highest BCUT2D eigenvalue weighted by Gasteiger charge is 2.28. The fourth-order valence-electron chi connectivity index (χ4n) is 1.99. The fourth-order valence-corrected chi connectivity index (χ4v) is 3.09. The van der Waals surface area contributed by atoms with E-state index in [1.165, 1.54) is 11.3 Å². The summed E-state index contributed by atoms with van der Waals surface area (Å²) >= 11 is 1.51. The lowest BCUT2D eigenvalue weighted by atomic mass is 10.2. The third kappa shape index (κ3) is 4.35. The van der Waals surface area contributed by atoms with E-state index in [2.05, 4.69) is 0 Å². The Labute approximate surface area is 138 Å². The number of nitrogens with zero attached hydrogens (tertiary/aromatic N) is 1. The van der Waals surface area contributed by atoms with Crippen LogP contribution in [-0.2, 0) is 9.57 Å². The van der Waals surface area contributed by atoms with Crippen molar-refractivity contribution in [1.82, 2.24) is 5.06 Å². The molecular formula is C16H20N2O4S. The summed E-state index contributed by atoms with van der Waals surface area (Å²) in [5, 5.41) is 1.89. The summed E-state index contributed by atoms with van der Waals surface area (Å²) in [7, 11) is 0. The highest BCUT2D eigenvalue weighted by atomic mass is 32.1. The second kappa shape index (κ2) is 6.45. The molecule has 0 aliphatic carbocycles. The lowest BCUT2D eigenvalue weighted by Gasteiger charge is -2.26. The molecule has 2 amide bonds. The first-order valence-corrected chi connectivity index (χ1v) is 7.97. The van der Waals surface area contributed by atoms with Crippen LogP contribution in [0, 0.1) is 0 Å². The van der Waals surface area contributed by atoms with Crippen LogP contribution >= 0.6 is 11.3 Å². The zero-order valence-electron chi connectivity index (χ0n) is 13.5. The number of hydrogen-bond donors (Lipinski definition) is 1. The number of rotatable bonds is 2. The van der Waals surface area contributed by atoms with E-state index in [-0.39, 0.29) is 0 Å². The number of ether oxygens (including phenoxy) is 1. The summed E-state index contributed by atoms with van der Waals surface area (Å²) in [4.78, 5) is 29.3. The number of urea groups is 1. The third-order valence-electron chi connectivity index (χ3n) is 2.99. The molecular weight excluding hydrogens is 316 g/mol. The Kier molecular flexibility index (Phi) is 4.79. The topological polar surface area (TPSA) is 81.9 Å². The van der Waals surface area contributed by atoms with Gasteiger partial charge < -0.3 is 15.3 Å². The monoisotopic (exact) mass is 336 g/mol. The van der Waals surface area contributed by atoms with Gasteiger partial charge in [0.05, 0.1) is 0 Å². The minimum Gasteiger partial charge on any atom is -0.427 e. The Morgan fingerprint density at radius 3 is 2.48 bits per heavy atom. The lowest BCUT2D eigenvalue weighted by molar-refractivity contribution is -0.128. The Bertz CT molecular complexity index is 687. The number of thiophene rings is 1. The maximum Gasteiger partial charge on any atom is 0.534 e. The predicted octanol–water partition coefficient (Wildman–Crippen LogP) is 4.21. The third-order valence-corrected chi connectivity index (χ3v) is 4.27. The largest absolute Gasteiger partial charge is 0.534 e. The van der Waals surface area contributed by atoms with Gasteiger partial charge in [-0.15, -0.1) is 16.4 Å². The van der Waals surface area contributed by atoms with Crippen LogP contribution in [0.3, 0.4) is 0 Å².